The average molecular weight is 246 g/mol. The van der Waals surface area contributed by atoms with Crippen molar-refractivity contribution in [2.24, 2.45) is 5.92 Å². The highest BCUT2D eigenvalue weighted by Crippen LogP contribution is 2.06. The second kappa shape index (κ2) is 8.81. The number of hydrogen-bond donors (Lipinski definition) is 3. The predicted octanol–water partition coefficient (Wildman–Crippen LogP) is 0.821. The van der Waals surface area contributed by atoms with Crippen LogP contribution >= 0.6 is 0 Å². The number of carboxylic acid groups (broad SMARTS) is 1. The Balaban J connectivity index is 3.84. The molecule has 0 aliphatic carbocycles. The van der Waals surface area contributed by atoms with Gasteiger partial charge in [0.05, 0.1) is 12.6 Å². The third kappa shape index (κ3) is 8.50. The number of rotatable bonds is 8. The Labute approximate surface area is 102 Å². The quantitative estimate of drug-likeness (QED) is 0.591. The Morgan fingerprint density at radius 3 is 2.53 bits per heavy atom. The highest BCUT2D eigenvalue weighted by molar-refractivity contribution is 5.74. The molecular formula is C11H22N2O4. The lowest BCUT2D eigenvalue weighted by Crippen LogP contribution is -2.44. The second-order valence-corrected chi connectivity index (χ2v) is 4.08. The first kappa shape index (κ1) is 15.7. The molecule has 0 saturated carbocycles. The van der Waals surface area contributed by atoms with Gasteiger partial charge in [0.1, 0.15) is 0 Å². The Morgan fingerprint density at radius 1 is 1.41 bits per heavy atom. The number of hydrogen-bond acceptors (Lipinski definition) is 3. The zero-order valence-electron chi connectivity index (χ0n) is 10.7. The first-order chi connectivity index (χ1) is 7.99. The highest BCUT2D eigenvalue weighted by Gasteiger charge is 2.13. The molecule has 0 aromatic carbocycles. The summed E-state index contributed by atoms with van der Waals surface area (Å²) in [5, 5.41) is 14.0. The smallest absolute Gasteiger partial charge is 0.315 e. The zero-order chi connectivity index (χ0) is 13.3. The molecule has 0 aliphatic rings. The van der Waals surface area contributed by atoms with Crippen molar-refractivity contribution in [3.8, 4) is 0 Å². The van der Waals surface area contributed by atoms with Gasteiger partial charge in [-0.15, -0.1) is 0 Å². The van der Waals surface area contributed by atoms with Gasteiger partial charge in [0.2, 0.25) is 0 Å². The third-order valence-corrected chi connectivity index (χ3v) is 2.39. The molecule has 100 valence electrons. The van der Waals surface area contributed by atoms with Gasteiger partial charge in [-0.3, -0.25) is 4.79 Å². The topological polar surface area (TPSA) is 87.7 Å². The molecule has 0 aromatic rings. The van der Waals surface area contributed by atoms with Crippen LogP contribution in [0.1, 0.15) is 26.7 Å². The van der Waals surface area contributed by atoms with E-state index in [0.717, 1.165) is 6.42 Å². The molecule has 0 rings (SSSR count). The Bertz CT molecular complexity index is 246. The third-order valence-electron chi connectivity index (χ3n) is 2.39. The van der Waals surface area contributed by atoms with Crippen molar-refractivity contribution in [1.29, 1.82) is 0 Å². The first-order valence-corrected chi connectivity index (χ1v) is 5.74. The number of nitrogens with one attached hydrogen (secondary N) is 2. The number of carbonyl (C=O) groups excluding carboxylic acids is 1. The number of amides is 2. The van der Waals surface area contributed by atoms with Gasteiger partial charge in [0.15, 0.2) is 0 Å². The van der Waals surface area contributed by atoms with Crippen LogP contribution in [0.4, 0.5) is 4.79 Å². The SMILES string of the molecule is CCC(CNC(=O)NC(C)COC)CC(=O)O. The summed E-state index contributed by atoms with van der Waals surface area (Å²) in [5.74, 6) is -0.872. The normalized spacial score (nSPS) is 13.8. The molecule has 3 N–H and O–H groups in total. The van der Waals surface area contributed by atoms with Crippen molar-refractivity contribution in [3.05, 3.63) is 0 Å². The van der Waals surface area contributed by atoms with E-state index < -0.39 is 5.97 Å². The second-order valence-electron chi connectivity index (χ2n) is 4.08. The largest absolute Gasteiger partial charge is 0.481 e. The first-order valence-electron chi connectivity index (χ1n) is 5.74. The summed E-state index contributed by atoms with van der Waals surface area (Å²) in [4.78, 5) is 21.9. The van der Waals surface area contributed by atoms with Crippen LogP contribution in [-0.4, -0.2) is 43.4 Å². The van der Waals surface area contributed by atoms with Crippen LogP contribution in [0.3, 0.4) is 0 Å². The van der Waals surface area contributed by atoms with E-state index in [1.165, 1.54) is 0 Å². The summed E-state index contributed by atoms with van der Waals surface area (Å²) >= 11 is 0. The van der Waals surface area contributed by atoms with Gasteiger partial charge in [-0.25, -0.2) is 4.79 Å². The molecule has 17 heavy (non-hydrogen) atoms. The Hall–Kier alpha value is -1.30. The van der Waals surface area contributed by atoms with Gasteiger partial charge in [0, 0.05) is 20.1 Å². The van der Waals surface area contributed by atoms with Crippen molar-refractivity contribution >= 4 is 12.0 Å². The van der Waals surface area contributed by atoms with Crippen molar-refractivity contribution in [2.75, 3.05) is 20.3 Å². The standard InChI is InChI=1S/C11H22N2O4/c1-4-9(5-10(14)15)6-12-11(16)13-8(2)7-17-3/h8-9H,4-7H2,1-3H3,(H,14,15)(H2,12,13,16). The minimum absolute atomic E-state index is 0.0315. The fourth-order valence-corrected chi connectivity index (χ4v) is 1.41. The van der Waals surface area contributed by atoms with E-state index in [1.54, 1.807) is 7.11 Å². The van der Waals surface area contributed by atoms with E-state index >= 15 is 0 Å². The van der Waals surface area contributed by atoms with E-state index in [-0.39, 0.29) is 24.4 Å². The highest BCUT2D eigenvalue weighted by atomic mass is 16.5. The fraction of sp³-hybridized carbons (Fsp3) is 0.818. The Morgan fingerprint density at radius 2 is 2.06 bits per heavy atom. The molecule has 0 aliphatic heterocycles. The summed E-state index contributed by atoms with van der Waals surface area (Å²) < 4.78 is 4.88. The molecule has 0 saturated heterocycles. The number of methoxy groups -OCH3 is 1. The monoisotopic (exact) mass is 246 g/mol. The molecule has 0 radical (unpaired) electrons. The molecule has 2 atom stereocenters. The van der Waals surface area contributed by atoms with E-state index in [2.05, 4.69) is 10.6 Å². The van der Waals surface area contributed by atoms with Gasteiger partial charge in [0.25, 0.3) is 0 Å². The molecule has 0 fully saturated rings. The summed E-state index contributed by atoms with van der Waals surface area (Å²) in [6, 6.07) is -0.363. The number of urea groups is 1. The van der Waals surface area contributed by atoms with Gasteiger partial charge < -0.3 is 20.5 Å². The number of carbonyl (C=O) groups is 2. The molecule has 0 heterocycles. The predicted molar refractivity (Wildman–Crippen MR) is 63.9 cm³/mol. The molecule has 2 amide bonds. The van der Waals surface area contributed by atoms with Crippen molar-refractivity contribution in [3.63, 3.8) is 0 Å². The number of ether oxygens (including phenoxy) is 1. The minimum atomic E-state index is -0.841. The maximum atomic E-state index is 11.4. The van der Waals surface area contributed by atoms with E-state index in [1.807, 2.05) is 13.8 Å². The zero-order valence-corrected chi connectivity index (χ0v) is 10.7. The summed E-state index contributed by atoms with van der Waals surface area (Å²) in [7, 11) is 1.57. The van der Waals surface area contributed by atoms with Crippen molar-refractivity contribution in [1.82, 2.24) is 10.6 Å². The number of carboxylic acids is 1. The van der Waals surface area contributed by atoms with E-state index in [0.29, 0.717) is 13.2 Å². The summed E-state index contributed by atoms with van der Waals surface area (Å²) in [6.45, 7) is 4.55. The summed E-state index contributed by atoms with van der Waals surface area (Å²) in [6.07, 6.45) is 0.796. The molecular weight excluding hydrogens is 224 g/mol. The average Bonchev–Trinajstić information content (AvgIpc) is 2.23. The minimum Gasteiger partial charge on any atom is -0.481 e. The van der Waals surface area contributed by atoms with Gasteiger partial charge >= 0.3 is 12.0 Å². The maximum Gasteiger partial charge on any atom is 0.315 e. The lowest BCUT2D eigenvalue weighted by atomic mass is 10.0. The number of aliphatic carboxylic acids is 1. The molecule has 2 unspecified atom stereocenters. The van der Waals surface area contributed by atoms with Gasteiger partial charge in [-0.2, -0.15) is 0 Å². The van der Waals surface area contributed by atoms with E-state index in [4.69, 9.17) is 9.84 Å². The molecule has 0 bridgehead atoms. The van der Waals surface area contributed by atoms with Crippen molar-refractivity contribution in [2.45, 2.75) is 32.7 Å². The van der Waals surface area contributed by atoms with Gasteiger partial charge in [-0.05, 0) is 12.8 Å². The van der Waals surface area contributed by atoms with Crippen LogP contribution in [0.15, 0.2) is 0 Å². The summed E-state index contributed by atoms with van der Waals surface area (Å²) in [5.41, 5.74) is 0. The maximum absolute atomic E-state index is 11.4. The lowest BCUT2D eigenvalue weighted by Gasteiger charge is -2.16. The molecule has 0 spiro atoms. The van der Waals surface area contributed by atoms with Crippen LogP contribution in [0, 0.1) is 5.92 Å². The van der Waals surface area contributed by atoms with E-state index in [9.17, 15) is 9.59 Å². The van der Waals surface area contributed by atoms with Crippen LogP contribution in [0.5, 0.6) is 0 Å². The molecule has 6 nitrogen and oxygen atoms in total. The Kier molecular flexibility index (Phi) is 8.13. The van der Waals surface area contributed by atoms with Crippen LogP contribution in [0.25, 0.3) is 0 Å². The van der Waals surface area contributed by atoms with Crippen molar-refractivity contribution < 1.29 is 19.4 Å². The molecule has 0 aromatic heterocycles. The fourth-order valence-electron chi connectivity index (χ4n) is 1.41. The van der Waals surface area contributed by atoms with Crippen LogP contribution in [0.2, 0.25) is 0 Å². The van der Waals surface area contributed by atoms with Crippen LogP contribution in [-0.2, 0) is 9.53 Å². The van der Waals surface area contributed by atoms with Gasteiger partial charge in [-0.1, -0.05) is 13.3 Å². The molecule has 6 heteroatoms. The van der Waals surface area contributed by atoms with Crippen LogP contribution < -0.4 is 10.6 Å². The lowest BCUT2D eigenvalue weighted by molar-refractivity contribution is -0.138.